The number of nitrogens with zero attached hydrogens (tertiary/aromatic N) is 1. The van der Waals surface area contributed by atoms with Gasteiger partial charge in [-0.05, 0) is 6.92 Å². The Kier molecular flexibility index (Phi) is 3.30. The van der Waals surface area contributed by atoms with E-state index in [9.17, 15) is 31.1 Å². The third-order valence-corrected chi connectivity index (χ3v) is 2.62. The van der Waals surface area contributed by atoms with Gasteiger partial charge in [-0.1, -0.05) is 0 Å². The zero-order chi connectivity index (χ0) is 13.6. The van der Waals surface area contributed by atoms with Crippen molar-refractivity contribution >= 4 is 17.6 Å². The summed E-state index contributed by atoms with van der Waals surface area (Å²) in [5.41, 5.74) is -4.67. The van der Waals surface area contributed by atoms with Crippen LogP contribution in [0.4, 0.5) is 26.3 Å². The first-order chi connectivity index (χ1) is 7.49. The second-order valence-corrected chi connectivity index (χ2v) is 3.56. The summed E-state index contributed by atoms with van der Waals surface area (Å²) in [5, 5.41) is 0. The van der Waals surface area contributed by atoms with Gasteiger partial charge in [-0.2, -0.15) is 26.3 Å². The van der Waals surface area contributed by atoms with Gasteiger partial charge in [0.1, 0.15) is 6.04 Å². The number of halogens is 7. The molecule has 0 aliphatic carbocycles. The lowest BCUT2D eigenvalue weighted by molar-refractivity contribution is -0.399. The van der Waals surface area contributed by atoms with Crippen molar-refractivity contribution in [3.8, 4) is 0 Å². The van der Waals surface area contributed by atoms with Crippen LogP contribution >= 0.6 is 11.6 Å². The fourth-order valence-corrected chi connectivity index (χ4v) is 1.85. The largest absolute Gasteiger partial charge is 0.453 e. The maximum atomic E-state index is 12.6. The number of hydrogen-bond acceptors (Lipinski definition) is 3. The van der Waals surface area contributed by atoms with Crippen LogP contribution in [-0.2, 0) is 9.53 Å². The summed E-state index contributed by atoms with van der Waals surface area (Å²) < 4.78 is 79.1. The molecule has 1 aliphatic heterocycles. The van der Waals surface area contributed by atoms with Crippen molar-refractivity contribution in [3.63, 3.8) is 0 Å². The fraction of sp³-hybridized carbons (Fsp3) is 0.857. The molecule has 0 radical (unpaired) electrons. The number of alkyl halides is 7. The molecule has 0 aromatic carbocycles. The van der Waals surface area contributed by atoms with Crippen LogP contribution < -0.4 is 0 Å². The zero-order valence-corrected chi connectivity index (χ0v) is 8.95. The van der Waals surface area contributed by atoms with Crippen LogP contribution in [0.15, 0.2) is 0 Å². The van der Waals surface area contributed by atoms with Crippen molar-refractivity contribution in [1.82, 2.24) is 4.90 Å². The quantitative estimate of drug-likeness (QED) is 0.320. The molecule has 1 atom stereocenters. The maximum Gasteiger partial charge on any atom is 0.453 e. The highest BCUT2D eigenvalue weighted by Crippen LogP contribution is 2.51. The van der Waals surface area contributed by atoms with E-state index in [1.54, 1.807) is 0 Å². The van der Waals surface area contributed by atoms with Crippen molar-refractivity contribution < 1.29 is 35.9 Å². The molecule has 0 spiro atoms. The Morgan fingerprint density at radius 1 is 1.29 bits per heavy atom. The smallest absolute Gasteiger partial charge is 0.423 e. The van der Waals surface area contributed by atoms with Gasteiger partial charge in [0.15, 0.2) is 0 Å². The standard InChI is InChI=1S/C7H6ClF6NO2/c1-3-4(16)17-5(6(9,10)11,7(12,13)14)15(3)2-8/h3H,2H2,1H3. The molecule has 0 bridgehead atoms. The molecular formula is C7H6ClF6NO2. The van der Waals surface area contributed by atoms with Crippen molar-refractivity contribution in [2.75, 3.05) is 6.00 Å². The van der Waals surface area contributed by atoms with E-state index in [0.717, 1.165) is 6.92 Å². The summed E-state index contributed by atoms with van der Waals surface area (Å²) in [6.07, 6.45) is -11.7. The van der Waals surface area contributed by atoms with Crippen LogP contribution in [0.3, 0.4) is 0 Å². The van der Waals surface area contributed by atoms with Crippen LogP contribution in [0.1, 0.15) is 6.92 Å². The van der Waals surface area contributed by atoms with Gasteiger partial charge in [0.25, 0.3) is 0 Å². The van der Waals surface area contributed by atoms with Gasteiger partial charge < -0.3 is 4.74 Å². The van der Waals surface area contributed by atoms with Gasteiger partial charge in [0, 0.05) is 0 Å². The predicted molar refractivity (Wildman–Crippen MR) is 43.0 cm³/mol. The molecule has 1 heterocycles. The molecule has 1 aliphatic rings. The Morgan fingerprint density at radius 2 is 1.71 bits per heavy atom. The van der Waals surface area contributed by atoms with Crippen LogP contribution in [0.2, 0.25) is 0 Å². The van der Waals surface area contributed by atoms with E-state index in [4.69, 9.17) is 11.6 Å². The zero-order valence-electron chi connectivity index (χ0n) is 8.19. The number of carbonyl (C=O) groups is 1. The van der Waals surface area contributed by atoms with E-state index in [0.29, 0.717) is 0 Å². The van der Waals surface area contributed by atoms with E-state index in [1.165, 1.54) is 0 Å². The summed E-state index contributed by atoms with van der Waals surface area (Å²) in [4.78, 5) is 10.6. The molecule has 100 valence electrons. The monoisotopic (exact) mass is 285 g/mol. The second kappa shape index (κ2) is 3.91. The van der Waals surface area contributed by atoms with Crippen LogP contribution in [0.5, 0.6) is 0 Å². The lowest BCUT2D eigenvalue weighted by Crippen LogP contribution is -2.66. The average molecular weight is 286 g/mol. The lowest BCUT2D eigenvalue weighted by Gasteiger charge is -2.37. The molecule has 0 N–H and O–H groups in total. The molecule has 1 saturated heterocycles. The van der Waals surface area contributed by atoms with Crippen LogP contribution in [0, 0.1) is 0 Å². The minimum Gasteiger partial charge on any atom is -0.423 e. The SMILES string of the molecule is CC1C(=O)OC(C(F)(F)F)(C(F)(F)F)N1CCl. The average Bonchev–Trinajstić information content (AvgIpc) is 2.38. The number of rotatable bonds is 1. The summed E-state index contributed by atoms with van der Waals surface area (Å²) in [5.74, 6) is -1.62. The minimum absolute atomic E-state index is 0.281. The van der Waals surface area contributed by atoms with Crippen molar-refractivity contribution in [2.24, 2.45) is 0 Å². The normalized spacial score (nSPS) is 26.1. The maximum absolute atomic E-state index is 12.6. The van der Waals surface area contributed by atoms with E-state index in [-0.39, 0.29) is 4.90 Å². The molecule has 0 aromatic rings. The number of esters is 1. The van der Waals surface area contributed by atoms with Gasteiger partial charge >= 0.3 is 24.0 Å². The van der Waals surface area contributed by atoms with Gasteiger partial charge in [0.05, 0.1) is 6.00 Å². The minimum atomic E-state index is -5.83. The number of hydrogen-bond donors (Lipinski definition) is 0. The first-order valence-corrected chi connectivity index (χ1v) is 4.71. The van der Waals surface area contributed by atoms with E-state index >= 15 is 0 Å². The summed E-state index contributed by atoms with van der Waals surface area (Å²) in [6.45, 7) is 0.851. The van der Waals surface area contributed by atoms with Crippen LogP contribution in [0.25, 0.3) is 0 Å². The molecule has 0 amide bonds. The molecular weight excluding hydrogens is 280 g/mol. The number of cyclic esters (lactones) is 1. The van der Waals surface area contributed by atoms with Gasteiger partial charge in [-0.3, -0.25) is 4.79 Å². The van der Waals surface area contributed by atoms with Crippen LogP contribution in [-0.4, -0.2) is 41.0 Å². The molecule has 0 aromatic heterocycles. The van der Waals surface area contributed by atoms with Crippen molar-refractivity contribution in [2.45, 2.75) is 31.0 Å². The Bertz CT molecular complexity index is 313. The first-order valence-electron chi connectivity index (χ1n) is 4.18. The van der Waals surface area contributed by atoms with E-state index < -0.39 is 36.1 Å². The third kappa shape index (κ3) is 1.85. The highest BCUT2D eigenvalue weighted by atomic mass is 35.5. The highest BCUT2D eigenvalue weighted by molar-refractivity contribution is 6.17. The Labute approximate surface area is 96.3 Å². The van der Waals surface area contributed by atoms with Gasteiger partial charge in [0.2, 0.25) is 0 Å². The highest BCUT2D eigenvalue weighted by Gasteiger charge is 2.81. The topological polar surface area (TPSA) is 29.5 Å². The van der Waals surface area contributed by atoms with E-state index in [1.807, 2.05) is 0 Å². The molecule has 17 heavy (non-hydrogen) atoms. The molecule has 1 fully saturated rings. The summed E-state index contributed by atoms with van der Waals surface area (Å²) in [6, 6.07) is -2.87. The Balaban J connectivity index is 3.40. The van der Waals surface area contributed by atoms with Crippen molar-refractivity contribution in [1.29, 1.82) is 0 Å². The molecule has 3 nitrogen and oxygen atoms in total. The number of carbonyl (C=O) groups excluding carboxylic acids is 1. The fourth-order valence-electron chi connectivity index (χ4n) is 1.48. The summed E-state index contributed by atoms with van der Waals surface area (Å²) in [7, 11) is 0. The first kappa shape index (κ1) is 14.4. The molecule has 0 saturated carbocycles. The van der Waals surface area contributed by atoms with Gasteiger partial charge in [-0.15, -0.1) is 11.6 Å². The van der Waals surface area contributed by atoms with E-state index in [2.05, 4.69) is 4.74 Å². The van der Waals surface area contributed by atoms with Gasteiger partial charge in [-0.25, -0.2) is 4.90 Å². The third-order valence-electron chi connectivity index (χ3n) is 2.36. The summed E-state index contributed by atoms with van der Waals surface area (Å²) >= 11 is 5.06. The number of ether oxygens (including phenoxy) is 1. The molecule has 1 rings (SSSR count). The predicted octanol–water partition coefficient (Wildman–Crippen LogP) is 2.25. The van der Waals surface area contributed by atoms with Crippen molar-refractivity contribution in [3.05, 3.63) is 0 Å². The Hall–Kier alpha value is -0.700. The second-order valence-electron chi connectivity index (χ2n) is 3.33. The lowest BCUT2D eigenvalue weighted by atomic mass is 10.1. The molecule has 10 heteroatoms. The Morgan fingerprint density at radius 3 is 1.94 bits per heavy atom. The molecule has 1 unspecified atom stereocenters.